The Labute approximate surface area is 87.1 Å². The molecule has 4 heteroatoms. The van der Waals surface area contributed by atoms with Crippen LogP contribution in [0.25, 0.3) is 0 Å². The Balaban J connectivity index is 2.79. The van der Waals surface area contributed by atoms with E-state index < -0.39 is 24.6 Å². The Morgan fingerprint density at radius 3 is 2.20 bits per heavy atom. The van der Waals surface area contributed by atoms with E-state index in [4.69, 9.17) is 5.73 Å². The molecule has 1 aromatic carbocycles. The molecule has 15 heavy (non-hydrogen) atoms. The number of hydrogen-bond acceptors (Lipinski definition) is 1. The highest BCUT2D eigenvalue weighted by atomic mass is 19.3. The topological polar surface area (TPSA) is 26.0 Å². The van der Waals surface area contributed by atoms with Crippen LogP contribution in [0, 0.1) is 0 Å². The Bertz CT molecular complexity index is 298. The SMILES string of the molecule is CC(N)(CC(F)F)C(F)c1ccccc1. The van der Waals surface area contributed by atoms with Crippen molar-refractivity contribution in [2.24, 2.45) is 5.73 Å². The quantitative estimate of drug-likeness (QED) is 0.824. The molecular weight excluding hydrogens is 203 g/mol. The molecule has 0 spiro atoms. The molecule has 0 fully saturated rings. The molecule has 2 atom stereocenters. The molecule has 0 aliphatic carbocycles. The van der Waals surface area contributed by atoms with Gasteiger partial charge in [-0.05, 0) is 12.5 Å². The molecule has 0 aromatic heterocycles. The monoisotopic (exact) mass is 217 g/mol. The van der Waals surface area contributed by atoms with Gasteiger partial charge in [0, 0.05) is 6.42 Å². The van der Waals surface area contributed by atoms with Gasteiger partial charge in [0.05, 0.1) is 5.54 Å². The van der Waals surface area contributed by atoms with E-state index in [-0.39, 0.29) is 0 Å². The average molecular weight is 217 g/mol. The molecule has 0 bridgehead atoms. The number of rotatable bonds is 4. The number of hydrogen-bond donors (Lipinski definition) is 1. The molecule has 1 rings (SSSR count). The Hall–Kier alpha value is -1.03. The molecular formula is C11H14F3N. The maximum absolute atomic E-state index is 13.8. The van der Waals surface area contributed by atoms with E-state index in [0.29, 0.717) is 5.56 Å². The van der Waals surface area contributed by atoms with Crippen LogP contribution in [0.2, 0.25) is 0 Å². The summed E-state index contributed by atoms with van der Waals surface area (Å²) in [4.78, 5) is 0. The minimum Gasteiger partial charge on any atom is -0.322 e. The number of alkyl halides is 3. The van der Waals surface area contributed by atoms with Gasteiger partial charge in [-0.1, -0.05) is 30.3 Å². The predicted molar refractivity (Wildman–Crippen MR) is 53.5 cm³/mol. The second-order valence-electron chi connectivity index (χ2n) is 3.87. The Kier molecular flexibility index (Phi) is 3.74. The highest BCUT2D eigenvalue weighted by Crippen LogP contribution is 2.31. The lowest BCUT2D eigenvalue weighted by atomic mass is 9.89. The van der Waals surface area contributed by atoms with Gasteiger partial charge in [-0.3, -0.25) is 0 Å². The largest absolute Gasteiger partial charge is 0.322 e. The summed E-state index contributed by atoms with van der Waals surface area (Å²) in [6, 6.07) is 8.13. The standard InChI is InChI=1S/C11H14F3N/c1-11(15,7-9(12)13)10(14)8-5-3-2-4-6-8/h2-6,9-10H,7,15H2,1H3. The second-order valence-corrected chi connectivity index (χ2v) is 3.87. The van der Waals surface area contributed by atoms with E-state index in [1.807, 2.05) is 0 Å². The van der Waals surface area contributed by atoms with Crippen LogP contribution >= 0.6 is 0 Å². The van der Waals surface area contributed by atoms with Crippen molar-refractivity contribution < 1.29 is 13.2 Å². The first-order valence-corrected chi connectivity index (χ1v) is 4.69. The van der Waals surface area contributed by atoms with Crippen LogP contribution in [0.3, 0.4) is 0 Å². The third-order valence-corrected chi connectivity index (χ3v) is 2.27. The lowest BCUT2D eigenvalue weighted by molar-refractivity contribution is 0.0757. The fourth-order valence-corrected chi connectivity index (χ4v) is 1.44. The van der Waals surface area contributed by atoms with E-state index in [1.165, 1.54) is 6.92 Å². The molecule has 0 radical (unpaired) electrons. The van der Waals surface area contributed by atoms with E-state index in [0.717, 1.165) is 0 Å². The Morgan fingerprint density at radius 2 is 1.73 bits per heavy atom. The van der Waals surface area contributed by atoms with Gasteiger partial charge in [0.25, 0.3) is 0 Å². The maximum atomic E-state index is 13.8. The van der Waals surface area contributed by atoms with Gasteiger partial charge in [0.2, 0.25) is 6.43 Å². The van der Waals surface area contributed by atoms with Crippen LogP contribution in [0.5, 0.6) is 0 Å². The van der Waals surface area contributed by atoms with Gasteiger partial charge in [0.1, 0.15) is 6.17 Å². The fourth-order valence-electron chi connectivity index (χ4n) is 1.44. The van der Waals surface area contributed by atoms with E-state index >= 15 is 0 Å². The van der Waals surface area contributed by atoms with E-state index in [2.05, 4.69) is 0 Å². The molecule has 2 unspecified atom stereocenters. The first-order valence-electron chi connectivity index (χ1n) is 4.69. The van der Waals surface area contributed by atoms with Gasteiger partial charge in [0.15, 0.2) is 0 Å². The third-order valence-electron chi connectivity index (χ3n) is 2.27. The Morgan fingerprint density at radius 1 is 1.20 bits per heavy atom. The maximum Gasteiger partial charge on any atom is 0.240 e. The first kappa shape index (κ1) is 12.0. The summed E-state index contributed by atoms with van der Waals surface area (Å²) in [5.41, 5.74) is 4.34. The highest BCUT2D eigenvalue weighted by Gasteiger charge is 2.34. The van der Waals surface area contributed by atoms with Crippen molar-refractivity contribution in [2.45, 2.75) is 31.5 Å². The molecule has 0 heterocycles. The molecule has 0 amide bonds. The summed E-state index contributed by atoms with van der Waals surface area (Å²) in [5, 5.41) is 0. The lowest BCUT2D eigenvalue weighted by Gasteiger charge is -2.28. The van der Waals surface area contributed by atoms with E-state index in [1.54, 1.807) is 30.3 Å². The number of benzene rings is 1. The van der Waals surface area contributed by atoms with Crippen LogP contribution < -0.4 is 5.73 Å². The van der Waals surface area contributed by atoms with Crippen molar-refractivity contribution in [2.75, 3.05) is 0 Å². The third kappa shape index (κ3) is 3.23. The van der Waals surface area contributed by atoms with Crippen LogP contribution in [0.1, 0.15) is 25.1 Å². The number of halogens is 3. The summed E-state index contributed by atoms with van der Waals surface area (Å²) in [5.74, 6) is 0. The van der Waals surface area contributed by atoms with Gasteiger partial charge in [-0.25, -0.2) is 13.2 Å². The smallest absolute Gasteiger partial charge is 0.240 e. The second kappa shape index (κ2) is 4.66. The minimum atomic E-state index is -2.60. The molecule has 0 aliphatic rings. The van der Waals surface area contributed by atoms with Gasteiger partial charge < -0.3 is 5.73 Å². The first-order chi connectivity index (χ1) is 6.93. The molecule has 0 saturated carbocycles. The molecule has 84 valence electrons. The molecule has 1 aromatic rings. The zero-order chi connectivity index (χ0) is 11.5. The minimum absolute atomic E-state index is 0.336. The van der Waals surface area contributed by atoms with Crippen LogP contribution in [-0.2, 0) is 0 Å². The predicted octanol–water partition coefficient (Wildman–Crippen LogP) is 3.07. The summed E-state index contributed by atoms with van der Waals surface area (Å²) in [6.07, 6.45) is -4.82. The van der Waals surface area contributed by atoms with Crippen molar-refractivity contribution in [3.8, 4) is 0 Å². The van der Waals surface area contributed by atoms with Crippen molar-refractivity contribution in [3.05, 3.63) is 35.9 Å². The summed E-state index contributed by atoms with van der Waals surface area (Å²) < 4.78 is 38.1. The zero-order valence-electron chi connectivity index (χ0n) is 8.46. The molecule has 0 aliphatic heterocycles. The van der Waals surface area contributed by atoms with Crippen LogP contribution in [-0.4, -0.2) is 12.0 Å². The van der Waals surface area contributed by atoms with Crippen molar-refractivity contribution in [1.29, 1.82) is 0 Å². The summed E-state index contributed by atoms with van der Waals surface area (Å²) >= 11 is 0. The van der Waals surface area contributed by atoms with E-state index in [9.17, 15) is 13.2 Å². The summed E-state index contributed by atoms with van der Waals surface area (Å²) in [6.45, 7) is 1.30. The molecule has 2 N–H and O–H groups in total. The van der Waals surface area contributed by atoms with Crippen LogP contribution in [0.15, 0.2) is 30.3 Å². The molecule has 0 saturated heterocycles. The zero-order valence-corrected chi connectivity index (χ0v) is 8.46. The van der Waals surface area contributed by atoms with Crippen molar-refractivity contribution in [1.82, 2.24) is 0 Å². The average Bonchev–Trinajstić information content (AvgIpc) is 2.16. The molecule has 1 nitrogen and oxygen atoms in total. The van der Waals surface area contributed by atoms with Crippen molar-refractivity contribution >= 4 is 0 Å². The van der Waals surface area contributed by atoms with Crippen molar-refractivity contribution in [3.63, 3.8) is 0 Å². The summed E-state index contributed by atoms with van der Waals surface area (Å²) in [7, 11) is 0. The van der Waals surface area contributed by atoms with Gasteiger partial charge >= 0.3 is 0 Å². The highest BCUT2D eigenvalue weighted by molar-refractivity contribution is 5.20. The normalized spacial score (nSPS) is 17.5. The fraction of sp³-hybridized carbons (Fsp3) is 0.455. The lowest BCUT2D eigenvalue weighted by Crippen LogP contribution is -2.42. The van der Waals surface area contributed by atoms with Crippen LogP contribution in [0.4, 0.5) is 13.2 Å². The number of nitrogens with two attached hydrogens (primary N) is 1. The van der Waals surface area contributed by atoms with Gasteiger partial charge in [-0.15, -0.1) is 0 Å². The van der Waals surface area contributed by atoms with Gasteiger partial charge in [-0.2, -0.15) is 0 Å².